The van der Waals surface area contributed by atoms with Gasteiger partial charge in [-0.3, -0.25) is 9.58 Å². The molecule has 0 saturated heterocycles. The van der Waals surface area contributed by atoms with Crippen molar-refractivity contribution >= 4 is 10.9 Å². The van der Waals surface area contributed by atoms with E-state index < -0.39 is 0 Å². The lowest BCUT2D eigenvalue weighted by Gasteiger charge is -2.34. The Morgan fingerprint density at radius 2 is 2.22 bits per heavy atom. The lowest BCUT2D eigenvalue weighted by molar-refractivity contribution is 0.198. The van der Waals surface area contributed by atoms with Crippen LogP contribution in [-0.4, -0.2) is 36.2 Å². The molecule has 0 aliphatic carbocycles. The number of nitrogens with one attached hydrogen (secondary N) is 2. The minimum atomic E-state index is -0.205. The fourth-order valence-corrected chi connectivity index (χ4v) is 4.16. The van der Waals surface area contributed by atoms with Crippen LogP contribution >= 0.6 is 0 Å². The zero-order valence-corrected chi connectivity index (χ0v) is 15.3. The van der Waals surface area contributed by atoms with Gasteiger partial charge in [0.2, 0.25) is 0 Å². The number of hydrogen-bond donors (Lipinski definition) is 2. The van der Waals surface area contributed by atoms with Gasteiger partial charge in [0.25, 0.3) is 0 Å². The molecule has 0 radical (unpaired) electrons. The number of H-pyrrole nitrogens is 2. The Morgan fingerprint density at radius 3 is 3.04 bits per heavy atom. The molecule has 1 aliphatic rings. The topological polar surface area (TPSA) is 65.5 Å². The van der Waals surface area contributed by atoms with Crippen molar-refractivity contribution in [2.45, 2.75) is 25.9 Å². The van der Waals surface area contributed by atoms with Gasteiger partial charge in [-0.2, -0.15) is 5.10 Å². The molecule has 0 unspecified atom stereocenters. The van der Waals surface area contributed by atoms with Crippen LogP contribution in [-0.2, 0) is 20.0 Å². The predicted octanol–water partition coefficient (Wildman–Crippen LogP) is 3.22. The third kappa shape index (κ3) is 2.66. The second kappa shape index (κ2) is 6.06. The summed E-state index contributed by atoms with van der Waals surface area (Å²) < 4.78 is 15.5. The van der Waals surface area contributed by atoms with Gasteiger partial charge in [0.05, 0.1) is 24.3 Å². The largest absolute Gasteiger partial charge is 0.357 e. The third-order valence-electron chi connectivity index (χ3n) is 5.55. The van der Waals surface area contributed by atoms with E-state index in [4.69, 9.17) is 0 Å². The monoisotopic (exact) mass is 364 g/mol. The zero-order chi connectivity index (χ0) is 18.5. The molecule has 0 spiro atoms. The fraction of sp³-hybridized carbons (Fsp3) is 0.300. The number of imidazole rings is 1. The van der Waals surface area contributed by atoms with Gasteiger partial charge in [-0.25, -0.2) is 9.37 Å². The molecule has 4 aromatic rings. The van der Waals surface area contributed by atoms with Gasteiger partial charge in [-0.15, -0.1) is 0 Å². The summed E-state index contributed by atoms with van der Waals surface area (Å²) in [6, 6.07) is 4.96. The van der Waals surface area contributed by atoms with Crippen molar-refractivity contribution in [3.63, 3.8) is 0 Å². The molecule has 1 aromatic carbocycles. The van der Waals surface area contributed by atoms with E-state index >= 15 is 0 Å². The predicted molar refractivity (Wildman–Crippen MR) is 101 cm³/mol. The van der Waals surface area contributed by atoms with E-state index in [0.29, 0.717) is 0 Å². The number of aromatic amines is 2. The number of hydrogen-bond acceptors (Lipinski definition) is 3. The highest BCUT2D eigenvalue weighted by molar-refractivity contribution is 5.84. The van der Waals surface area contributed by atoms with Gasteiger partial charge >= 0.3 is 0 Å². The van der Waals surface area contributed by atoms with Crippen LogP contribution in [0, 0.1) is 12.7 Å². The number of aryl methyl sites for hydroxylation is 2. The molecule has 6 nitrogen and oxygen atoms in total. The summed E-state index contributed by atoms with van der Waals surface area (Å²) in [7, 11) is 1.93. The molecular formula is C20H21FN6. The molecule has 0 fully saturated rings. The number of nitrogens with zero attached hydrogens (tertiary/aromatic N) is 4. The highest BCUT2D eigenvalue weighted by atomic mass is 19.1. The number of benzene rings is 1. The highest BCUT2D eigenvalue weighted by Crippen LogP contribution is 2.35. The molecule has 138 valence electrons. The molecule has 2 N–H and O–H groups in total. The molecule has 5 rings (SSSR count). The minimum absolute atomic E-state index is 0.0521. The zero-order valence-electron chi connectivity index (χ0n) is 15.3. The maximum absolute atomic E-state index is 13.7. The van der Waals surface area contributed by atoms with Crippen LogP contribution < -0.4 is 0 Å². The van der Waals surface area contributed by atoms with Crippen LogP contribution in [0.5, 0.6) is 0 Å². The molecule has 1 atom stereocenters. The van der Waals surface area contributed by atoms with Crippen molar-refractivity contribution < 1.29 is 4.39 Å². The normalized spacial score (nSPS) is 17.5. The summed E-state index contributed by atoms with van der Waals surface area (Å²) in [4.78, 5) is 13.8. The second-order valence-corrected chi connectivity index (χ2v) is 7.26. The average Bonchev–Trinajstić information content (AvgIpc) is 3.36. The Kier molecular flexibility index (Phi) is 3.65. The molecule has 1 aliphatic heterocycles. The summed E-state index contributed by atoms with van der Waals surface area (Å²) in [5.41, 5.74) is 6.57. The fourth-order valence-electron chi connectivity index (χ4n) is 4.16. The summed E-state index contributed by atoms with van der Waals surface area (Å²) in [6.45, 7) is 3.71. The van der Waals surface area contributed by atoms with Gasteiger partial charge in [0.15, 0.2) is 0 Å². The van der Waals surface area contributed by atoms with Gasteiger partial charge < -0.3 is 9.97 Å². The van der Waals surface area contributed by atoms with Crippen molar-refractivity contribution in [1.29, 1.82) is 0 Å². The van der Waals surface area contributed by atoms with Gasteiger partial charge in [0.1, 0.15) is 5.82 Å². The quantitative estimate of drug-likeness (QED) is 0.587. The molecule has 0 amide bonds. The van der Waals surface area contributed by atoms with E-state index in [1.54, 1.807) is 12.4 Å². The van der Waals surface area contributed by atoms with Crippen molar-refractivity contribution in [1.82, 2.24) is 29.6 Å². The molecular weight excluding hydrogens is 343 g/mol. The van der Waals surface area contributed by atoms with Crippen LogP contribution in [0.3, 0.4) is 0 Å². The first kappa shape index (κ1) is 16.3. The molecule has 4 heterocycles. The molecule has 0 bridgehead atoms. The first-order chi connectivity index (χ1) is 13.1. The summed E-state index contributed by atoms with van der Waals surface area (Å²) in [5.74, 6) is -0.205. The molecule has 3 aromatic heterocycles. The van der Waals surface area contributed by atoms with Gasteiger partial charge in [-0.05, 0) is 30.7 Å². The van der Waals surface area contributed by atoms with Crippen molar-refractivity contribution in [2.24, 2.45) is 7.05 Å². The smallest absolute Gasteiger partial charge is 0.123 e. The SMILES string of the molecule is Cc1c(CN2CCc3[nH]cnc3[C@H]2c2cnn(C)c2)[nH]c2ccc(F)cc12. The number of fused-ring (bicyclic) bond motifs is 2. The highest BCUT2D eigenvalue weighted by Gasteiger charge is 2.32. The van der Waals surface area contributed by atoms with Gasteiger partial charge in [0, 0.05) is 60.6 Å². The Morgan fingerprint density at radius 1 is 1.33 bits per heavy atom. The number of rotatable bonds is 3. The number of halogens is 1. The summed E-state index contributed by atoms with van der Waals surface area (Å²) in [6.07, 6.45) is 6.66. The summed E-state index contributed by atoms with van der Waals surface area (Å²) >= 11 is 0. The number of aromatic nitrogens is 5. The van der Waals surface area contributed by atoms with Crippen LogP contribution in [0.1, 0.15) is 34.3 Å². The van der Waals surface area contributed by atoms with Crippen molar-refractivity contribution in [2.75, 3.05) is 6.54 Å². The van der Waals surface area contributed by atoms with E-state index in [1.807, 2.05) is 24.0 Å². The van der Waals surface area contributed by atoms with Crippen molar-refractivity contribution in [3.8, 4) is 0 Å². The maximum atomic E-state index is 13.7. The Balaban J connectivity index is 1.55. The standard InChI is InChI=1S/C20H21FN6/c1-12-15-7-14(21)3-4-16(15)25-18(12)10-27-6-5-17-19(23-11-22-17)20(27)13-8-24-26(2)9-13/h3-4,7-9,11,20,25H,5-6,10H2,1-2H3,(H,22,23)/t20-/m1/s1. The average molecular weight is 364 g/mol. The third-order valence-corrected chi connectivity index (χ3v) is 5.55. The first-order valence-corrected chi connectivity index (χ1v) is 9.11. The maximum Gasteiger partial charge on any atom is 0.123 e. The van der Waals surface area contributed by atoms with Crippen molar-refractivity contribution in [3.05, 3.63) is 70.9 Å². The Labute approximate surface area is 156 Å². The second-order valence-electron chi connectivity index (χ2n) is 7.26. The summed E-state index contributed by atoms with van der Waals surface area (Å²) in [5, 5.41) is 5.30. The van der Waals surface area contributed by atoms with Crippen LogP contribution in [0.2, 0.25) is 0 Å². The van der Waals surface area contributed by atoms with Crippen LogP contribution in [0.15, 0.2) is 36.9 Å². The first-order valence-electron chi connectivity index (χ1n) is 9.11. The van der Waals surface area contributed by atoms with E-state index in [0.717, 1.165) is 52.9 Å². The van der Waals surface area contributed by atoms with Gasteiger partial charge in [-0.1, -0.05) is 0 Å². The molecule has 0 saturated carbocycles. The molecule has 27 heavy (non-hydrogen) atoms. The Hall–Kier alpha value is -2.93. The van der Waals surface area contributed by atoms with E-state index in [1.165, 1.54) is 11.8 Å². The van der Waals surface area contributed by atoms with E-state index in [9.17, 15) is 4.39 Å². The van der Waals surface area contributed by atoms with E-state index in [-0.39, 0.29) is 11.9 Å². The Bertz CT molecular complexity index is 1120. The van der Waals surface area contributed by atoms with Crippen LogP contribution in [0.4, 0.5) is 4.39 Å². The lowest BCUT2D eigenvalue weighted by atomic mass is 9.97. The molecule has 7 heteroatoms. The van der Waals surface area contributed by atoms with Crippen LogP contribution in [0.25, 0.3) is 10.9 Å². The minimum Gasteiger partial charge on any atom is -0.357 e. The lowest BCUT2D eigenvalue weighted by Crippen LogP contribution is -2.36. The van der Waals surface area contributed by atoms with E-state index in [2.05, 4.69) is 38.1 Å².